The van der Waals surface area contributed by atoms with Crippen molar-refractivity contribution in [1.82, 2.24) is 19.9 Å². The van der Waals surface area contributed by atoms with E-state index in [1.54, 1.807) is 0 Å². The number of hydrogen-bond donors (Lipinski definition) is 2. The van der Waals surface area contributed by atoms with Crippen molar-refractivity contribution in [1.29, 1.82) is 0 Å². The third-order valence-electron chi connectivity index (χ3n) is 4.04. The van der Waals surface area contributed by atoms with Crippen molar-refractivity contribution >= 4 is 17.5 Å². The Morgan fingerprint density at radius 3 is 2.83 bits per heavy atom. The van der Waals surface area contributed by atoms with Gasteiger partial charge in [-0.1, -0.05) is 6.07 Å². The van der Waals surface area contributed by atoms with Gasteiger partial charge in [0, 0.05) is 17.5 Å². The van der Waals surface area contributed by atoms with Crippen LogP contribution < -0.4 is 11.1 Å². The van der Waals surface area contributed by atoms with E-state index < -0.39 is 0 Å². The number of aryl methyl sites for hydroxylation is 2. The average molecular weight is 326 g/mol. The van der Waals surface area contributed by atoms with Crippen LogP contribution in [0.25, 0.3) is 0 Å². The number of nitrogens with one attached hydrogen (secondary N) is 1. The highest BCUT2D eigenvalue weighted by Crippen LogP contribution is 2.30. The zero-order valence-electron chi connectivity index (χ0n) is 14.0. The maximum atomic E-state index is 11.3. The molecule has 1 fully saturated rings. The SMILES string of the molecule is Cc1cccc(Nc2cc(C)nc(C3CCCN3CC(N)=O)n2)n1. The van der Waals surface area contributed by atoms with Gasteiger partial charge in [0.15, 0.2) is 0 Å². The predicted octanol–water partition coefficient (Wildman–Crippen LogP) is 1.85. The van der Waals surface area contributed by atoms with E-state index in [-0.39, 0.29) is 18.5 Å². The molecule has 7 nitrogen and oxygen atoms in total. The maximum Gasteiger partial charge on any atom is 0.231 e. The van der Waals surface area contributed by atoms with Crippen LogP contribution in [0, 0.1) is 13.8 Å². The molecule has 2 aromatic heterocycles. The van der Waals surface area contributed by atoms with Crippen LogP contribution in [0.3, 0.4) is 0 Å². The van der Waals surface area contributed by atoms with Gasteiger partial charge in [-0.3, -0.25) is 9.69 Å². The Morgan fingerprint density at radius 2 is 2.08 bits per heavy atom. The lowest BCUT2D eigenvalue weighted by Gasteiger charge is -2.22. The Morgan fingerprint density at radius 1 is 1.25 bits per heavy atom. The summed E-state index contributed by atoms with van der Waals surface area (Å²) in [6.45, 7) is 4.97. The first-order chi connectivity index (χ1) is 11.5. The van der Waals surface area contributed by atoms with Gasteiger partial charge in [0.25, 0.3) is 0 Å². The Hall–Kier alpha value is -2.54. The second kappa shape index (κ2) is 6.92. The van der Waals surface area contributed by atoms with E-state index in [0.717, 1.165) is 42.4 Å². The monoisotopic (exact) mass is 326 g/mol. The molecule has 1 unspecified atom stereocenters. The second-order valence-corrected chi connectivity index (χ2v) is 6.14. The van der Waals surface area contributed by atoms with Gasteiger partial charge in [-0.25, -0.2) is 15.0 Å². The summed E-state index contributed by atoms with van der Waals surface area (Å²) in [5.74, 6) is 1.86. The Labute approximate surface area is 141 Å². The van der Waals surface area contributed by atoms with Crippen molar-refractivity contribution in [3.8, 4) is 0 Å². The molecule has 3 N–H and O–H groups in total. The minimum absolute atomic E-state index is 0.0309. The van der Waals surface area contributed by atoms with E-state index in [9.17, 15) is 4.79 Å². The number of aromatic nitrogens is 3. The summed E-state index contributed by atoms with van der Waals surface area (Å²) in [7, 11) is 0. The highest BCUT2D eigenvalue weighted by Gasteiger charge is 2.29. The summed E-state index contributed by atoms with van der Waals surface area (Å²) in [6, 6.07) is 7.72. The lowest BCUT2D eigenvalue weighted by molar-refractivity contribution is -0.119. The minimum Gasteiger partial charge on any atom is -0.369 e. The third kappa shape index (κ3) is 3.86. The van der Waals surface area contributed by atoms with Crippen LogP contribution in [0.15, 0.2) is 24.3 Å². The molecule has 126 valence electrons. The standard InChI is InChI=1S/C17H22N6O/c1-11-5-3-7-15(19-11)21-16-9-12(2)20-17(22-16)13-6-4-8-23(13)10-14(18)24/h3,5,7,9,13H,4,6,8,10H2,1-2H3,(H2,18,24)(H,19,20,21,22). The van der Waals surface area contributed by atoms with Gasteiger partial charge in [0.05, 0.1) is 12.6 Å². The number of rotatable bonds is 5. The fourth-order valence-electron chi connectivity index (χ4n) is 3.06. The molecule has 1 aliphatic heterocycles. The first kappa shape index (κ1) is 16.3. The molecule has 3 heterocycles. The number of likely N-dealkylation sites (tertiary alicyclic amines) is 1. The van der Waals surface area contributed by atoms with Crippen LogP contribution in [0.1, 0.15) is 36.1 Å². The molecular weight excluding hydrogens is 304 g/mol. The minimum atomic E-state index is -0.322. The smallest absolute Gasteiger partial charge is 0.231 e. The first-order valence-corrected chi connectivity index (χ1v) is 8.10. The molecule has 2 aromatic rings. The molecule has 3 rings (SSSR count). The summed E-state index contributed by atoms with van der Waals surface area (Å²) in [4.78, 5) is 27.0. The Balaban J connectivity index is 1.84. The van der Waals surface area contributed by atoms with Gasteiger partial charge in [0.1, 0.15) is 17.5 Å². The lowest BCUT2D eigenvalue weighted by atomic mass is 10.2. The number of pyridine rings is 1. The van der Waals surface area contributed by atoms with E-state index in [4.69, 9.17) is 5.73 Å². The van der Waals surface area contributed by atoms with Crippen molar-refractivity contribution in [2.75, 3.05) is 18.4 Å². The molecule has 0 aliphatic carbocycles. The quantitative estimate of drug-likeness (QED) is 0.870. The highest BCUT2D eigenvalue weighted by molar-refractivity contribution is 5.76. The molecule has 0 spiro atoms. The van der Waals surface area contributed by atoms with Crippen LogP contribution in [0.4, 0.5) is 11.6 Å². The normalized spacial score (nSPS) is 17.8. The van der Waals surface area contributed by atoms with Crippen LogP contribution in [0.5, 0.6) is 0 Å². The van der Waals surface area contributed by atoms with Gasteiger partial charge in [-0.2, -0.15) is 0 Å². The maximum absolute atomic E-state index is 11.3. The summed E-state index contributed by atoms with van der Waals surface area (Å²) in [6.07, 6.45) is 1.94. The van der Waals surface area contributed by atoms with E-state index in [1.165, 1.54) is 0 Å². The molecule has 0 saturated carbocycles. The number of carbonyl (C=O) groups is 1. The number of hydrogen-bond acceptors (Lipinski definition) is 6. The van der Waals surface area contributed by atoms with E-state index >= 15 is 0 Å². The third-order valence-corrected chi connectivity index (χ3v) is 4.04. The van der Waals surface area contributed by atoms with Crippen molar-refractivity contribution in [3.05, 3.63) is 41.5 Å². The zero-order valence-corrected chi connectivity index (χ0v) is 14.0. The number of primary amides is 1. The lowest BCUT2D eigenvalue weighted by Crippen LogP contribution is -2.34. The Kier molecular flexibility index (Phi) is 4.71. The van der Waals surface area contributed by atoms with Crippen LogP contribution in [-0.4, -0.2) is 38.8 Å². The molecule has 7 heteroatoms. The van der Waals surface area contributed by atoms with Gasteiger partial charge in [-0.05, 0) is 45.4 Å². The molecule has 0 bridgehead atoms. The predicted molar refractivity (Wildman–Crippen MR) is 91.8 cm³/mol. The highest BCUT2D eigenvalue weighted by atomic mass is 16.1. The molecule has 24 heavy (non-hydrogen) atoms. The van der Waals surface area contributed by atoms with Crippen LogP contribution in [0.2, 0.25) is 0 Å². The summed E-state index contributed by atoms with van der Waals surface area (Å²) in [5, 5.41) is 3.23. The first-order valence-electron chi connectivity index (χ1n) is 8.10. The molecule has 1 saturated heterocycles. The van der Waals surface area contributed by atoms with E-state index in [0.29, 0.717) is 5.82 Å². The van der Waals surface area contributed by atoms with Crippen molar-refractivity contribution < 1.29 is 4.79 Å². The molecule has 1 aliphatic rings. The van der Waals surface area contributed by atoms with Crippen molar-refractivity contribution in [3.63, 3.8) is 0 Å². The molecule has 1 atom stereocenters. The number of nitrogens with two attached hydrogens (primary N) is 1. The largest absolute Gasteiger partial charge is 0.369 e. The van der Waals surface area contributed by atoms with Crippen LogP contribution in [-0.2, 0) is 4.79 Å². The van der Waals surface area contributed by atoms with Crippen molar-refractivity contribution in [2.45, 2.75) is 32.7 Å². The second-order valence-electron chi connectivity index (χ2n) is 6.14. The molecule has 0 radical (unpaired) electrons. The number of nitrogens with zero attached hydrogens (tertiary/aromatic N) is 4. The number of amides is 1. The summed E-state index contributed by atoms with van der Waals surface area (Å²) < 4.78 is 0. The number of anilines is 2. The van der Waals surface area contributed by atoms with Gasteiger partial charge >= 0.3 is 0 Å². The zero-order chi connectivity index (χ0) is 17.1. The fraction of sp³-hybridized carbons (Fsp3) is 0.412. The van der Waals surface area contributed by atoms with E-state index in [2.05, 4.69) is 20.3 Å². The average Bonchev–Trinajstić information content (AvgIpc) is 2.94. The molecule has 0 aromatic carbocycles. The summed E-state index contributed by atoms with van der Waals surface area (Å²) in [5.41, 5.74) is 7.16. The number of carbonyl (C=O) groups excluding carboxylic acids is 1. The van der Waals surface area contributed by atoms with Gasteiger partial charge < -0.3 is 11.1 Å². The Bertz CT molecular complexity index is 748. The van der Waals surface area contributed by atoms with Gasteiger partial charge in [-0.15, -0.1) is 0 Å². The fourth-order valence-corrected chi connectivity index (χ4v) is 3.06. The topological polar surface area (TPSA) is 97.0 Å². The van der Waals surface area contributed by atoms with Crippen LogP contribution >= 0.6 is 0 Å². The van der Waals surface area contributed by atoms with Crippen molar-refractivity contribution in [2.24, 2.45) is 5.73 Å². The summed E-state index contributed by atoms with van der Waals surface area (Å²) >= 11 is 0. The molecular formula is C17H22N6O. The van der Waals surface area contributed by atoms with E-state index in [1.807, 2.05) is 43.0 Å². The van der Waals surface area contributed by atoms with Gasteiger partial charge in [0.2, 0.25) is 5.91 Å². The molecule has 1 amide bonds.